The Balaban J connectivity index is 1.53. The van der Waals surface area contributed by atoms with Crippen LogP contribution in [0.2, 0.25) is 0 Å². The molecule has 3 aromatic rings. The fourth-order valence-electron chi connectivity index (χ4n) is 4.04. The quantitative estimate of drug-likeness (QED) is 0.714. The van der Waals surface area contributed by atoms with Crippen LogP contribution in [0.15, 0.2) is 45.8 Å². The zero-order valence-corrected chi connectivity index (χ0v) is 16.9. The van der Waals surface area contributed by atoms with E-state index >= 15 is 0 Å². The Morgan fingerprint density at radius 1 is 1.00 bits per heavy atom. The average molecular weight is 408 g/mol. The van der Waals surface area contributed by atoms with Gasteiger partial charge in [-0.3, -0.25) is 9.69 Å². The van der Waals surface area contributed by atoms with Crippen LogP contribution in [0.5, 0.6) is 17.2 Å². The van der Waals surface area contributed by atoms with Gasteiger partial charge in [0.15, 0.2) is 11.5 Å². The number of rotatable bonds is 3. The van der Waals surface area contributed by atoms with Crippen molar-refractivity contribution in [1.29, 1.82) is 0 Å². The molecular formula is C23H24N2O5. The van der Waals surface area contributed by atoms with E-state index in [2.05, 4.69) is 16.8 Å². The second kappa shape index (κ2) is 7.66. The van der Waals surface area contributed by atoms with Gasteiger partial charge in [-0.25, -0.2) is 0 Å². The van der Waals surface area contributed by atoms with E-state index in [-0.39, 0.29) is 11.2 Å². The van der Waals surface area contributed by atoms with Gasteiger partial charge in [-0.15, -0.1) is 0 Å². The van der Waals surface area contributed by atoms with Gasteiger partial charge in [0, 0.05) is 32.7 Å². The molecule has 1 fully saturated rings. The minimum Gasteiger partial charge on any atom is -0.507 e. The van der Waals surface area contributed by atoms with E-state index in [0.717, 1.165) is 26.2 Å². The first kappa shape index (κ1) is 19.0. The number of benzene rings is 2. The molecule has 0 aliphatic carbocycles. The van der Waals surface area contributed by atoms with Crippen LogP contribution < -0.4 is 14.9 Å². The first-order valence-electron chi connectivity index (χ1n) is 10.2. The smallest absolute Gasteiger partial charge is 0.200 e. The lowest BCUT2D eigenvalue weighted by atomic mass is 10.0. The zero-order chi connectivity index (χ0) is 20.7. The molecule has 7 heteroatoms. The molecule has 156 valence electrons. The molecule has 3 heterocycles. The molecule has 1 saturated heterocycles. The Morgan fingerprint density at radius 2 is 1.77 bits per heavy atom. The topological polar surface area (TPSA) is 75.4 Å². The van der Waals surface area contributed by atoms with Crippen LogP contribution in [-0.2, 0) is 6.54 Å². The molecule has 2 aromatic carbocycles. The summed E-state index contributed by atoms with van der Waals surface area (Å²) in [6.45, 7) is 5.32. The van der Waals surface area contributed by atoms with E-state index < -0.39 is 0 Å². The predicted octanol–water partition coefficient (Wildman–Crippen LogP) is 2.68. The van der Waals surface area contributed by atoms with Gasteiger partial charge in [0.05, 0.1) is 16.5 Å². The van der Waals surface area contributed by atoms with Gasteiger partial charge in [-0.1, -0.05) is 6.07 Å². The second-order valence-corrected chi connectivity index (χ2v) is 7.86. The lowest BCUT2D eigenvalue weighted by Crippen LogP contribution is -2.43. The third kappa shape index (κ3) is 3.40. The molecule has 1 aromatic heterocycles. The lowest BCUT2D eigenvalue weighted by Gasteiger charge is -2.32. The van der Waals surface area contributed by atoms with Gasteiger partial charge in [0.25, 0.3) is 0 Å². The van der Waals surface area contributed by atoms with E-state index in [0.29, 0.717) is 58.9 Å². The first-order valence-corrected chi connectivity index (χ1v) is 10.2. The molecule has 0 bridgehead atoms. The van der Waals surface area contributed by atoms with Crippen molar-refractivity contribution >= 4 is 11.0 Å². The minimum atomic E-state index is -0.132. The van der Waals surface area contributed by atoms with E-state index in [4.69, 9.17) is 13.9 Å². The molecule has 0 atom stereocenters. The Bertz CT molecular complexity index is 1150. The van der Waals surface area contributed by atoms with Gasteiger partial charge in [-0.05, 0) is 36.9 Å². The molecule has 0 unspecified atom stereocenters. The molecule has 7 nitrogen and oxygen atoms in total. The van der Waals surface area contributed by atoms with Crippen molar-refractivity contribution in [3.05, 3.63) is 52.4 Å². The maximum absolute atomic E-state index is 13.3. The van der Waals surface area contributed by atoms with Crippen LogP contribution in [0, 0.1) is 0 Å². The van der Waals surface area contributed by atoms with Crippen molar-refractivity contribution in [3.63, 3.8) is 0 Å². The molecule has 0 saturated carbocycles. The summed E-state index contributed by atoms with van der Waals surface area (Å²) in [5, 5.41) is 10.9. The summed E-state index contributed by atoms with van der Waals surface area (Å²) in [4.78, 5) is 17.8. The van der Waals surface area contributed by atoms with Crippen LogP contribution in [-0.4, -0.2) is 61.3 Å². The molecule has 30 heavy (non-hydrogen) atoms. The Kier molecular flexibility index (Phi) is 4.84. The molecular weight excluding hydrogens is 384 g/mol. The third-order valence-electron chi connectivity index (χ3n) is 5.85. The summed E-state index contributed by atoms with van der Waals surface area (Å²) in [5.41, 5.74) is 2.13. The summed E-state index contributed by atoms with van der Waals surface area (Å²) in [6.07, 6.45) is 1.48. The SMILES string of the molecule is CN1CCN(Cc2c(O)ccc3c(=O)c(-c4ccc5c(c4)OCCO5)coc23)CC1. The zero-order valence-electron chi connectivity index (χ0n) is 16.9. The number of ether oxygens (including phenoxy) is 2. The average Bonchev–Trinajstić information content (AvgIpc) is 2.77. The van der Waals surface area contributed by atoms with Crippen molar-refractivity contribution in [2.24, 2.45) is 0 Å². The summed E-state index contributed by atoms with van der Waals surface area (Å²) in [6, 6.07) is 8.65. The number of hydrogen-bond acceptors (Lipinski definition) is 7. The number of aromatic hydroxyl groups is 1. The van der Waals surface area contributed by atoms with Crippen molar-refractivity contribution in [1.82, 2.24) is 9.80 Å². The van der Waals surface area contributed by atoms with Crippen molar-refractivity contribution in [2.45, 2.75) is 6.54 Å². The van der Waals surface area contributed by atoms with E-state index in [9.17, 15) is 9.90 Å². The summed E-state index contributed by atoms with van der Waals surface area (Å²) < 4.78 is 17.1. The number of piperazine rings is 1. The van der Waals surface area contributed by atoms with Gasteiger partial charge in [0.1, 0.15) is 30.8 Å². The maximum atomic E-state index is 13.3. The summed E-state index contributed by atoms with van der Waals surface area (Å²) in [7, 11) is 2.10. The van der Waals surface area contributed by atoms with Crippen molar-refractivity contribution < 1.29 is 19.0 Å². The first-order chi connectivity index (χ1) is 14.6. The second-order valence-electron chi connectivity index (χ2n) is 7.86. The highest BCUT2D eigenvalue weighted by molar-refractivity contribution is 5.86. The van der Waals surface area contributed by atoms with Crippen LogP contribution >= 0.6 is 0 Å². The van der Waals surface area contributed by atoms with Gasteiger partial charge < -0.3 is 23.9 Å². The number of likely N-dealkylation sites (N-methyl/N-ethyl adjacent to an activating group) is 1. The largest absolute Gasteiger partial charge is 0.507 e. The highest BCUT2D eigenvalue weighted by Crippen LogP contribution is 2.35. The predicted molar refractivity (Wildman–Crippen MR) is 113 cm³/mol. The number of phenols is 1. The molecule has 2 aliphatic rings. The highest BCUT2D eigenvalue weighted by Gasteiger charge is 2.21. The highest BCUT2D eigenvalue weighted by atomic mass is 16.6. The fraction of sp³-hybridized carbons (Fsp3) is 0.348. The molecule has 1 N–H and O–H groups in total. The van der Waals surface area contributed by atoms with E-state index in [1.807, 2.05) is 12.1 Å². The molecule has 0 spiro atoms. The Labute approximate surface area is 174 Å². The Morgan fingerprint density at radius 3 is 2.57 bits per heavy atom. The van der Waals surface area contributed by atoms with Crippen LogP contribution in [0.4, 0.5) is 0 Å². The number of nitrogens with zero attached hydrogens (tertiary/aromatic N) is 2. The van der Waals surface area contributed by atoms with Crippen molar-refractivity contribution in [3.8, 4) is 28.4 Å². The van der Waals surface area contributed by atoms with Gasteiger partial charge >= 0.3 is 0 Å². The minimum absolute atomic E-state index is 0.132. The van der Waals surface area contributed by atoms with E-state index in [1.54, 1.807) is 18.2 Å². The summed E-state index contributed by atoms with van der Waals surface area (Å²) >= 11 is 0. The molecule has 0 amide bonds. The standard InChI is InChI=1S/C23H24N2O5/c1-24-6-8-25(9-7-24)13-17-19(26)4-3-16-22(27)18(14-30-23(16)17)15-2-5-20-21(12-15)29-11-10-28-20/h2-5,12,14,26H,6-11,13H2,1H3. The molecule has 2 aliphatic heterocycles. The lowest BCUT2D eigenvalue weighted by molar-refractivity contribution is 0.147. The van der Waals surface area contributed by atoms with Crippen LogP contribution in [0.25, 0.3) is 22.1 Å². The molecule has 0 radical (unpaired) electrons. The maximum Gasteiger partial charge on any atom is 0.200 e. The normalized spacial score (nSPS) is 17.4. The monoisotopic (exact) mass is 408 g/mol. The summed E-state index contributed by atoms with van der Waals surface area (Å²) in [5.74, 6) is 1.45. The number of fused-ring (bicyclic) bond motifs is 2. The number of phenolic OH excluding ortho intramolecular Hbond substituents is 1. The van der Waals surface area contributed by atoms with Gasteiger partial charge in [0.2, 0.25) is 5.43 Å². The number of hydrogen-bond donors (Lipinski definition) is 1. The molecule has 5 rings (SSSR count). The van der Waals surface area contributed by atoms with Crippen LogP contribution in [0.3, 0.4) is 0 Å². The van der Waals surface area contributed by atoms with Crippen molar-refractivity contribution in [2.75, 3.05) is 46.4 Å². The van der Waals surface area contributed by atoms with Crippen LogP contribution in [0.1, 0.15) is 5.56 Å². The van der Waals surface area contributed by atoms with E-state index in [1.165, 1.54) is 6.26 Å². The fourth-order valence-corrected chi connectivity index (χ4v) is 4.04. The van der Waals surface area contributed by atoms with Gasteiger partial charge in [-0.2, -0.15) is 0 Å². The third-order valence-corrected chi connectivity index (χ3v) is 5.85. The Hall–Kier alpha value is -3.03.